The van der Waals surface area contributed by atoms with Gasteiger partial charge < -0.3 is 15.1 Å². The zero-order valence-electron chi connectivity index (χ0n) is 10.7. The fourth-order valence-electron chi connectivity index (χ4n) is 1.93. The molecular weight excluding hydrogens is 233 g/mol. The molecule has 5 heteroatoms. The number of hydrogen-bond donors (Lipinski definition) is 1. The van der Waals surface area contributed by atoms with Crippen LogP contribution in [-0.4, -0.2) is 49.1 Å². The van der Waals surface area contributed by atoms with Crippen molar-refractivity contribution in [3.8, 4) is 0 Å². The molecule has 0 spiro atoms. The summed E-state index contributed by atoms with van der Waals surface area (Å²) >= 11 is 0. The van der Waals surface area contributed by atoms with Crippen molar-refractivity contribution in [2.24, 2.45) is 0 Å². The topological polar surface area (TPSA) is 35.6 Å². The third kappa shape index (κ3) is 2.98. The number of benzene rings is 1. The van der Waals surface area contributed by atoms with Crippen LogP contribution in [0.25, 0.3) is 0 Å². The summed E-state index contributed by atoms with van der Waals surface area (Å²) in [6.07, 6.45) is 0. The Hall–Kier alpha value is -1.62. The van der Waals surface area contributed by atoms with Crippen LogP contribution < -0.4 is 5.32 Å². The molecule has 0 atom stereocenters. The number of carbonyl (C=O) groups excluding carboxylic acids is 1. The number of urea groups is 1. The van der Waals surface area contributed by atoms with E-state index in [9.17, 15) is 9.18 Å². The molecule has 1 aromatic rings. The molecule has 2 amide bonds. The van der Waals surface area contributed by atoms with E-state index in [-0.39, 0.29) is 11.7 Å². The van der Waals surface area contributed by atoms with E-state index in [0.717, 1.165) is 18.7 Å². The molecule has 18 heavy (non-hydrogen) atoms. The number of piperazine rings is 1. The molecule has 0 aliphatic carbocycles. The lowest BCUT2D eigenvalue weighted by Gasteiger charge is -2.32. The highest BCUT2D eigenvalue weighted by molar-refractivity contribution is 5.89. The summed E-state index contributed by atoms with van der Waals surface area (Å²) in [5, 5.41) is 2.62. The van der Waals surface area contributed by atoms with Crippen molar-refractivity contribution < 1.29 is 9.18 Å². The Balaban J connectivity index is 1.98. The first-order valence-electron chi connectivity index (χ1n) is 6.07. The van der Waals surface area contributed by atoms with Crippen molar-refractivity contribution in [3.05, 3.63) is 29.6 Å². The first-order valence-corrected chi connectivity index (χ1v) is 6.07. The van der Waals surface area contributed by atoms with Crippen molar-refractivity contribution >= 4 is 11.7 Å². The van der Waals surface area contributed by atoms with Gasteiger partial charge in [-0.2, -0.15) is 0 Å². The molecular formula is C13H18FN3O. The van der Waals surface area contributed by atoms with Gasteiger partial charge >= 0.3 is 6.03 Å². The van der Waals surface area contributed by atoms with Crippen molar-refractivity contribution in [3.63, 3.8) is 0 Å². The van der Waals surface area contributed by atoms with E-state index in [0.29, 0.717) is 13.1 Å². The highest BCUT2D eigenvalue weighted by Crippen LogP contribution is 2.16. The van der Waals surface area contributed by atoms with Crippen molar-refractivity contribution in [1.29, 1.82) is 0 Å². The second kappa shape index (κ2) is 5.35. The molecule has 1 saturated heterocycles. The van der Waals surface area contributed by atoms with Gasteiger partial charge in [-0.3, -0.25) is 0 Å². The van der Waals surface area contributed by atoms with Crippen molar-refractivity contribution in [1.82, 2.24) is 9.80 Å². The van der Waals surface area contributed by atoms with Gasteiger partial charge in [0.2, 0.25) is 0 Å². The number of nitrogens with one attached hydrogen (secondary N) is 1. The summed E-state index contributed by atoms with van der Waals surface area (Å²) in [6, 6.07) is 4.56. The van der Waals surface area contributed by atoms with E-state index in [1.165, 1.54) is 6.07 Å². The summed E-state index contributed by atoms with van der Waals surface area (Å²) in [4.78, 5) is 15.8. The van der Waals surface area contributed by atoms with Gasteiger partial charge in [0.25, 0.3) is 0 Å². The maximum Gasteiger partial charge on any atom is 0.322 e. The molecule has 0 aromatic heterocycles. The van der Waals surface area contributed by atoms with Gasteiger partial charge in [0.05, 0.1) is 5.69 Å². The molecule has 1 fully saturated rings. The number of anilines is 1. The fraction of sp³-hybridized carbons (Fsp3) is 0.462. The third-order valence-corrected chi connectivity index (χ3v) is 3.16. The molecule has 4 nitrogen and oxygen atoms in total. The van der Waals surface area contributed by atoms with E-state index in [2.05, 4.69) is 10.2 Å². The van der Waals surface area contributed by atoms with Gasteiger partial charge in [0.1, 0.15) is 5.82 Å². The number of amides is 2. The summed E-state index contributed by atoms with van der Waals surface area (Å²) in [6.45, 7) is 4.87. The molecule has 1 aliphatic rings. The molecule has 0 radical (unpaired) electrons. The van der Waals surface area contributed by atoms with E-state index in [4.69, 9.17) is 0 Å². The van der Waals surface area contributed by atoms with E-state index >= 15 is 0 Å². The van der Waals surface area contributed by atoms with Crippen LogP contribution in [0.3, 0.4) is 0 Å². The van der Waals surface area contributed by atoms with E-state index in [1.807, 2.05) is 14.0 Å². The fourth-order valence-corrected chi connectivity index (χ4v) is 1.93. The predicted octanol–water partition coefficient (Wildman–Crippen LogP) is 1.91. The minimum Gasteiger partial charge on any atom is -0.322 e. The van der Waals surface area contributed by atoms with Crippen molar-refractivity contribution in [2.45, 2.75) is 6.92 Å². The van der Waals surface area contributed by atoms with Crippen LogP contribution in [0.15, 0.2) is 18.2 Å². The van der Waals surface area contributed by atoms with E-state index in [1.54, 1.807) is 17.0 Å². The van der Waals surface area contributed by atoms with E-state index < -0.39 is 5.82 Å². The Bertz CT molecular complexity index is 442. The highest BCUT2D eigenvalue weighted by atomic mass is 19.1. The lowest BCUT2D eigenvalue weighted by molar-refractivity contribution is 0.164. The van der Waals surface area contributed by atoms with Gasteiger partial charge in [-0.1, -0.05) is 6.07 Å². The molecule has 2 rings (SSSR count). The Morgan fingerprint density at radius 3 is 2.56 bits per heavy atom. The standard InChI is InChI=1S/C13H18FN3O/c1-10-3-4-12(11(14)9-10)15-13(18)17-7-5-16(2)6-8-17/h3-4,9H,5-8H2,1-2H3,(H,15,18). The monoisotopic (exact) mass is 251 g/mol. The number of rotatable bonds is 1. The number of aryl methyl sites for hydroxylation is 1. The normalized spacial score (nSPS) is 16.7. The van der Waals surface area contributed by atoms with Gasteiger partial charge in [-0.05, 0) is 31.7 Å². The number of carbonyl (C=O) groups is 1. The largest absolute Gasteiger partial charge is 0.322 e. The first-order chi connectivity index (χ1) is 8.56. The molecule has 1 aromatic carbocycles. The van der Waals surface area contributed by atoms with Gasteiger partial charge in [-0.15, -0.1) is 0 Å². The average molecular weight is 251 g/mol. The second-order valence-electron chi connectivity index (χ2n) is 4.70. The maximum absolute atomic E-state index is 13.6. The Labute approximate surface area is 106 Å². The smallest absolute Gasteiger partial charge is 0.322 e. The molecule has 1 aliphatic heterocycles. The van der Waals surface area contributed by atoms with Crippen LogP contribution in [0.5, 0.6) is 0 Å². The first kappa shape index (κ1) is 12.8. The quantitative estimate of drug-likeness (QED) is 0.827. The Morgan fingerprint density at radius 2 is 1.94 bits per heavy atom. The lowest BCUT2D eigenvalue weighted by atomic mass is 10.2. The molecule has 98 valence electrons. The summed E-state index contributed by atoms with van der Waals surface area (Å²) in [5.74, 6) is -0.391. The Morgan fingerprint density at radius 1 is 1.28 bits per heavy atom. The number of halogens is 1. The SMILES string of the molecule is Cc1ccc(NC(=O)N2CCN(C)CC2)c(F)c1. The van der Waals surface area contributed by atoms with Crippen LogP contribution in [0.1, 0.15) is 5.56 Å². The zero-order valence-corrected chi connectivity index (χ0v) is 10.7. The predicted molar refractivity (Wildman–Crippen MR) is 69.2 cm³/mol. The maximum atomic E-state index is 13.6. The highest BCUT2D eigenvalue weighted by Gasteiger charge is 2.19. The molecule has 0 unspecified atom stereocenters. The number of nitrogens with zero attached hydrogens (tertiary/aromatic N) is 2. The third-order valence-electron chi connectivity index (χ3n) is 3.16. The summed E-state index contributed by atoms with van der Waals surface area (Å²) < 4.78 is 13.6. The summed E-state index contributed by atoms with van der Waals surface area (Å²) in [7, 11) is 2.02. The van der Waals surface area contributed by atoms with Crippen LogP contribution in [0, 0.1) is 12.7 Å². The van der Waals surface area contributed by atoms with Crippen LogP contribution >= 0.6 is 0 Å². The molecule has 0 saturated carbocycles. The Kier molecular flexibility index (Phi) is 3.81. The van der Waals surface area contributed by atoms with Gasteiger partial charge in [-0.25, -0.2) is 9.18 Å². The summed E-state index contributed by atoms with van der Waals surface area (Å²) in [5.41, 5.74) is 1.08. The molecule has 0 bridgehead atoms. The van der Waals surface area contributed by atoms with Gasteiger partial charge in [0, 0.05) is 26.2 Å². The lowest BCUT2D eigenvalue weighted by Crippen LogP contribution is -2.48. The van der Waals surface area contributed by atoms with Crippen LogP contribution in [0.4, 0.5) is 14.9 Å². The van der Waals surface area contributed by atoms with Gasteiger partial charge in [0.15, 0.2) is 0 Å². The van der Waals surface area contributed by atoms with Crippen LogP contribution in [-0.2, 0) is 0 Å². The number of hydrogen-bond acceptors (Lipinski definition) is 2. The molecule has 1 heterocycles. The minimum atomic E-state index is -0.391. The zero-order chi connectivity index (χ0) is 13.1. The van der Waals surface area contributed by atoms with Crippen molar-refractivity contribution in [2.75, 3.05) is 38.5 Å². The average Bonchev–Trinajstić information content (AvgIpc) is 2.33. The minimum absolute atomic E-state index is 0.231. The van der Waals surface area contributed by atoms with Crippen LogP contribution in [0.2, 0.25) is 0 Å². The number of likely N-dealkylation sites (N-methyl/N-ethyl adjacent to an activating group) is 1. The second-order valence-corrected chi connectivity index (χ2v) is 4.70. The molecule has 1 N–H and O–H groups in total.